The van der Waals surface area contributed by atoms with Crippen LogP contribution in [0.1, 0.15) is 36.0 Å². The largest absolute Gasteiger partial charge is 0.495 e. The Morgan fingerprint density at radius 2 is 2.07 bits per heavy atom. The van der Waals surface area contributed by atoms with Gasteiger partial charge in [0.1, 0.15) is 5.75 Å². The number of anilines is 1. The van der Waals surface area contributed by atoms with Crippen molar-refractivity contribution in [2.75, 3.05) is 31.8 Å². The molecule has 2 aromatic rings. The van der Waals surface area contributed by atoms with Gasteiger partial charge in [0.25, 0.3) is 5.91 Å². The van der Waals surface area contributed by atoms with E-state index in [1.807, 2.05) is 35.4 Å². The first kappa shape index (κ1) is 22.5. The topological polar surface area (TPSA) is 58.6 Å². The van der Waals surface area contributed by atoms with Gasteiger partial charge in [-0.1, -0.05) is 23.7 Å². The molecule has 5 nitrogen and oxygen atoms in total. The summed E-state index contributed by atoms with van der Waals surface area (Å²) in [5.41, 5.74) is 1.33. The van der Waals surface area contributed by atoms with E-state index in [-0.39, 0.29) is 11.8 Å². The van der Waals surface area contributed by atoms with Gasteiger partial charge >= 0.3 is 0 Å². The highest BCUT2D eigenvalue weighted by Crippen LogP contribution is 2.29. The van der Waals surface area contributed by atoms with Crippen LogP contribution >= 0.6 is 23.4 Å². The van der Waals surface area contributed by atoms with Crippen LogP contribution in [0.4, 0.5) is 5.69 Å². The van der Waals surface area contributed by atoms with Gasteiger partial charge in [-0.05, 0) is 61.8 Å². The molecule has 0 bridgehead atoms. The van der Waals surface area contributed by atoms with Crippen LogP contribution in [0.5, 0.6) is 5.75 Å². The fourth-order valence-electron chi connectivity index (χ4n) is 3.80. The van der Waals surface area contributed by atoms with Crippen LogP contribution in [0.15, 0.2) is 47.4 Å². The Morgan fingerprint density at radius 1 is 1.27 bits per heavy atom. The highest BCUT2D eigenvalue weighted by Gasteiger charge is 2.26. The molecule has 3 rings (SSSR count). The van der Waals surface area contributed by atoms with Gasteiger partial charge < -0.3 is 15.0 Å². The van der Waals surface area contributed by atoms with Crippen LogP contribution in [0, 0.1) is 5.92 Å². The van der Waals surface area contributed by atoms with E-state index in [0.717, 1.165) is 36.3 Å². The van der Waals surface area contributed by atoms with Gasteiger partial charge in [-0.25, -0.2) is 0 Å². The molecule has 0 spiro atoms. The molecule has 0 radical (unpaired) electrons. The molecule has 1 aliphatic rings. The molecule has 1 saturated heterocycles. The Balaban J connectivity index is 1.56. The summed E-state index contributed by atoms with van der Waals surface area (Å²) < 4.78 is 5.28. The molecule has 0 unspecified atom stereocenters. The third-order valence-electron chi connectivity index (χ3n) is 5.36. The van der Waals surface area contributed by atoms with Gasteiger partial charge in [0, 0.05) is 29.4 Å². The van der Waals surface area contributed by atoms with E-state index >= 15 is 0 Å². The summed E-state index contributed by atoms with van der Waals surface area (Å²) in [7, 11) is 1.56. The Kier molecular flexibility index (Phi) is 8.05. The Morgan fingerprint density at radius 3 is 2.83 bits per heavy atom. The molecular formula is C23H27ClN2O3S. The van der Waals surface area contributed by atoms with Crippen molar-refractivity contribution < 1.29 is 14.3 Å². The standard InChI is InChI=1S/C23H27ClN2O3S/c1-29-20-11-10-17(24)14-19(20)25-22(27)12-9-16-6-5-13-26(15-16)23(28)18-7-3-4-8-21(18)30-2/h3-4,7-8,10-11,14,16H,5-6,9,12-13,15H2,1-2H3,(H,25,27)/t16-/m1/s1. The fraction of sp³-hybridized carbons (Fsp3) is 0.391. The van der Waals surface area contributed by atoms with Crippen molar-refractivity contribution in [3.63, 3.8) is 0 Å². The lowest BCUT2D eigenvalue weighted by molar-refractivity contribution is -0.116. The summed E-state index contributed by atoms with van der Waals surface area (Å²) in [6, 6.07) is 12.9. The van der Waals surface area contributed by atoms with Crippen molar-refractivity contribution in [2.24, 2.45) is 5.92 Å². The van der Waals surface area contributed by atoms with E-state index in [1.54, 1.807) is 37.1 Å². The molecule has 1 fully saturated rings. The normalized spacial score (nSPS) is 16.2. The zero-order chi connectivity index (χ0) is 21.5. The molecule has 2 amide bonds. The summed E-state index contributed by atoms with van der Waals surface area (Å²) in [5.74, 6) is 0.898. The van der Waals surface area contributed by atoms with E-state index in [9.17, 15) is 9.59 Å². The number of likely N-dealkylation sites (tertiary alicyclic amines) is 1. The molecular weight excluding hydrogens is 420 g/mol. The van der Waals surface area contributed by atoms with Gasteiger partial charge in [-0.15, -0.1) is 11.8 Å². The van der Waals surface area contributed by atoms with Crippen molar-refractivity contribution in [1.29, 1.82) is 0 Å². The number of benzene rings is 2. The third kappa shape index (κ3) is 5.70. The van der Waals surface area contributed by atoms with Crippen LogP contribution in [0.3, 0.4) is 0 Å². The lowest BCUT2D eigenvalue weighted by Crippen LogP contribution is -2.40. The number of carbonyl (C=O) groups is 2. The van der Waals surface area contributed by atoms with E-state index in [0.29, 0.717) is 35.3 Å². The highest BCUT2D eigenvalue weighted by molar-refractivity contribution is 7.98. The van der Waals surface area contributed by atoms with Crippen LogP contribution in [0.25, 0.3) is 0 Å². The number of methoxy groups -OCH3 is 1. The van der Waals surface area contributed by atoms with Crippen molar-refractivity contribution in [1.82, 2.24) is 4.90 Å². The third-order valence-corrected chi connectivity index (χ3v) is 6.39. The number of piperidine rings is 1. The van der Waals surface area contributed by atoms with E-state index in [4.69, 9.17) is 16.3 Å². The molecule has 0 aliphatic carbocycles. The summed E-state index contributed by atoms with van der Waals surface area (Å²) in [6.45, 7) is 1.46. The first-order valence-corrected chi connectivity index (χ1v) is 11.7. The summed E-state index contributed by atoms with van der Waals surface area (Å²) in [4.78, 5) is 28.4. The van der Waals surface area contributed by atoms with Crippen LogP contribution in [-0.4, -0.2) is 43.2 Å². The number of hydrogen-bond acceptors (Lipinski definition) is 4. The molecule has 0 saturated carbocycles. The Hall–Kier alpha value is -2.18. The maximum atomic E-state index is 13.0. The highest BCUT2D eigenvalue weighted by atomic mass is 35.5. The second-order valence-corrected chi connectivity index (χ2v) is 8.68. The van der Waals surface area contributed by atoms with Gasteiger partial charge in [-0.3, -0.25) is 9.59 Å². The van der Waals surface area contributed by atoms with Gasteiger partial charge in [0.2, 0.25) is 5.91 Å². The van der Waals surface area contributed by atoms with Crippen LogP contribution in [-0.2, 0) is 4.79 Å². The van der Waals surface area contributed by atoms with E-state index in [2.05, 4.69) is 5.32 Å². The number of thioether (sulfide) groups is 1. The predicted molar refractivity (Wildman–Crippen MR) is 123 cm³/mol. The van der Waals surface area contributed by atoms with Crippen molar-refractivity contribution in [3.8, 4) is 5.75 Å². The average Bonchev–Trinajstić information content (AvgIpc) is 2.77. The van der Waals surface area contributed by atoms with E-state index < -0.39 is 0 Å². The lowest BCUT2D eigenvalue weighted by atomic mass is 9.92. The molecule has 1 heterocycles. The number of hydrogen-bond donors (Lipinski definition) is 1. The SMILES string of the molecule is COc1ccc(Cl)cc1NC(=O)CC[C@H]1CCCN(C(=O)c2ccccc2SC)C1. The lowest BCUT2D eigenvalue weighted by Gasteiger charge is -2.33. The smallest absolute Gasteiger partial charge is 0.254 e. The van der Waals surface area contributed by atoms with Gasteiger partial charge in [0.15, 0.2) is 0 Å². The molecule has 30 heavy (non-hydrogen) atoms. The van der Waals surface area contributed by atoms with Gasteiger partial charge in [-0.2, -0.15) is 0 Å². The Labute approximate surface area is 187 Å². The zero-order valence-corrected chi connectivity index (χ0v) is 18.9. The Bertz CT molecular complexity index is 906. The predicted octanol–water partition coefficient (Wildman–Crippen LogP) is 5.34. The number of rotatable bonds is 7. The fourth-order valence-corrected chi connectivity index (χ4v) is 4.56. The minimum atomic E-state index is -0.0771. The minimum absolute atomic E-state index is 0.0771. The maximum absolute atomic E-state index is 13.0. The van der Waals surface area contributed by atoms with Crippen LogP contribution < -0.4 is 10.1 Å². The zero-order valence-electron chi connectivity index (χ0n) is 17.3. The first-order chi connectivity index (χ1) is 14.5. The molecule has 2 aromatic carbocycles. The van der Waals surface area contributed by atoms with Gasteiger partial charge in [0.05, 0.1) is 18.4 Å². The molecule has 7 heteroatoms. The van der Waals surface area contributed by atoms with Crippen LogP contribution in [0.2, 0.25) is 5.02 Å². The second kappa shape index (κ2) is 10.7. The molecule has 0 aromatic heterocycles. The average molecular weight is 447 g/mol. The number of ether oxygens (including phenoxy) is 1. The monoisotopic (exact) mass is 446 g/mol. The second-order valence-electron chi connectivity index (χ2n) is 7.39. The van der Waals surface area contributed by atoms with E-state index in [1.165, 1.54) is 0 Å². The summed E-state index contributed by atoms with van der Waals surface area (Å²) in [5, 5.41) is 3.42. The maximum Gasteiger partial charge on any atom is 0.254 e. The molecule has 1 aliphatic heterocycles. The quantitative estimate of drug-likeness (QED) is 0.583. The van der Waals surface area contributed by atoms with Crippen molar-refractivity contribution >= 4 is 40.9 Å². The van der Waals surface area contributed by atoms with Crippen molar-refractivity contribution in [2.45, 2.75) is 30.6 Å². The number of nitrogens with one attached hydrogen (secondary N) is 1. The molecule has 1 atom stereocenters. The minimum Gasteiger partial charge on any atom is -0.495 e. The number of halogens is 1. The summed E-state index contributed by atoms with van der Waals surface area (Å²) in [6.07, 6.45) is 5.11. The number of carbonyl (C=O) groups excluding carboxylic acids is 2. The molecule has 1 N–H and O–H groups in total. The number of amides is 2. The number of nitrogens with zero attached hydrogens (tertiary/aromatic N) is 1. The van der Waals surface area contributed by atoms with Crippen molar-refractivity contribution in [3.05, 3.63) is 53.1 Å². The first-order valence-electron chi connectivity index (χ1n) is 10.1. The summed E-state index contributed by atoms with van der Waals surface area (Å²) >= 11 is 7.62. The molecule has 160 valence electrons.